The molecule has 0 radical (unpaired) electrons. The van der Waals surface area contributed by atoms with Crippen LogP contribution in [-0.4, -0.2) is 40.5 Å². The quantitative estimate of drug-likeness (QED) is 0.826. The molecule has 0 saturated carbocycles. The minimum atomic E-state index is 0.0229. The summed E-state index contributed by atoms with van der Waals surface area (Å²) in [6.45, 7) is 1.42. The Morgan fingerprint density at radius 3 is 3.00 bits per heavy atom. The molecule has 0 aliphatic carbocycles. The molecule has 2 heterocycles. The van der Waals surface area contributed by atoms with Crippen molar-refractivity contribution in [3.8, 4) is 11.3 Å². The second-order valence-electron chi connectivity index (χ2n) is 5.58. The van der Waals surface area contributed by atoms with Crippen LogP contribution in [0, 0.1) is 0 Å². The largest absolute Gasteiger partial charge is 0.376 e. The number of imidazole rings is 1. The van der Waals surface area contributed by atoms with E-state index in [0.717, 1.165) is 35.9 Å². The molecule has 6 heteroatoms. The second-order valence-corrected chi connectivity index (χ2v) is 6.52. The highest BCUT2D eigenvalue weighted by Gasteiger charge is 2.16. The van der Waals surface area contributed by atoms with Crippen molar-refractivity contribution in [2.24, 2.45) is 7.05 Å². The van der Waals surface area contributed by atoms with E-state index in [2.05, 4.69) is 22.4 Å². The molecule has 1 aliphatic rings. The Kier molecular flexibility index (Phi) is 5.35. The lowest BCUT2D eigenvalue weighted by Crippen LogP contribution is -2.32. The SMILES string of the molecule is Cn1c(-c2ccccc2)cnc1SCC(=O)NCC1CCCO1. The van der Waals surface area contributed by atoms with Gasteiger partial charge in [0.25, 0.3) is 0 Å². The topological polar surface area (TPSA) is 56.2 Å². The van der Waals surface area contributed by atoms with Gasteiger partial charge in [0, 0.05) is 20.2 Å². The summed E-state index contributed by atoms with van der Waals surface area (Å²) < 4.78 is 7.52. The van der Waals surface area contributed by atoms with Crippen LogP contribution in [0.5, 0.6) is 0 Å². The van der Waals surface area contributed by atoms with Gasteiger partial charge in [-0.2, -0.15) is 0 Å². The average molecular weight is 331 g/mol. The highest BCUT2D eigenvalue weighted by molar-refractivity contribution is 7.99. The second kappa shape index (κ2) is 7.66. The van der Waals surface area contributed by atoms with Crippen molar-refractivity contribution in [2.75, 3.05) is 18.9 Å². The van der Waals surface area contributed by atoms with E-state index < -0.39 is 0 Å². The van der Waals surface area contributed by atoms with Crippen molar-refractivity contribution in [1.29, 1.82) is 0 Å². The van der Waals surface area contributed by atoms with Gasteiger partial charge in [-0.25, -0.2) is 4.98 Å². The number of rotatable bonds is 6. The van der Waals surface area contributed by atoms with Gasteiger partial charge in [-0.05, 0) is 18.4 Å². The molecule has 122 valence electrons. The van der Waals surface area contributed by atoms with Crippen molar-refractivity contribution in [3.05, 3.63) is 36.5 Å². The summed E-state index contributed by atoms with van der Waals surface area (Å²) >= 11 is 1.45. The zero-order valence-electron chi connectivity index (χ0n) is 13.2. The van der Waals surface area contributed by atoms with E-state index in [0.29, 0.717) is 12.3 Å². The van der Waals surface area contributed by atoms with Crippen LogP contribution in [0.15, 0.2) is 41.7 Å². The molecule has 1 saturated heterocycles. The maximum absolute atomic E-state index is 11.9. The molecule has 1 aliphatic heterocycles. The molecule has 1 unspecified atom stereocenters. The van der Waals surface area contributed by atoms with Gasteiger partial charge in [-0.1, -0.05) is 42.1 Å². The lowest BCUT2D eigenvalue weighted by atomic mass is 10.2. The minimum Gasteiger partial charge on any atom is -0.376 e. The normalized spacial score (nSPS) is 17.3. The molecular formula is C17H21N3O2S. The van der Waals surface area contributed by atoms with Crippen molar-refractivity contribution >= 4 is 17.7 Å². The Morgan fingerprint density at radius 1 is 1.43 bits per heavy atom. The molecule has 3 rings (SSSR count). The number of hydrogen-bond donors (Lipinski definition) is 1. The van der Waals surface area contributed by atoms with Crippen LogP contribution in [-0.2, 0) is 16.6 Å². The Hall–Kier alpha value is -1.79. The summed E-state index contributed by atoms with van der Waals surface area (Å²) in [6.07, 6.45) is 4.15. The molecule has 1 N–H and O–H groups in total. The van der Waals surface area contributed by atoms with Gasteiger partial charge >= 0.3 is 0 Å². The molecule has 0 bridgehead atoms. The van der Waals surface area contributed by atoms with Crippen LogP contribution in [0.1, 0.15) is 12.8 Å². The lowest BCUT2D eigenvalue weighted by Gasteiger charge is -2.10. The van der Waals surface area contributed by atoms with Gasteiger partial charge in [-0.15, -0.1) is 0 Å². The summed E-state index contributed by atoms with van der Waals surface area (Å²) in [6, 6.07) is 10.1. The summed E-state index contributed by atoms with van der Waals surface area (Å²) in [4.78, 5) is 16.4. The third-order valence-corrected chi connectivity index (χ3v) is 4.94. The standard InChI is InChI=1S/C17H21N3O2S/c1-20-15(13-6-3-2-4-7-13)11-19-17(20)23-12-16(21)18-10-14-8-5-9-22-14/h2-4,6-7,11,14H,5,8-10,12H2,1H3,(H,18,21). The van der Waals surface area contributed by atoms with E-state index in [9.17, 15) is 4.79 Å². The van der Waals surface area contributed by atoms with Crippen LogP contribution < -0.4 is 5.32 Å². The van der Waals surface area contributed by atoms with Gasteiger partial charge in [0.1, 0.15) is 0 Å². The Bertz CT molecular complexity index is 651. The highest BCUT2D eigenvalue weighted by atomic mass is 32.2. The molecule has 2 aromatic rings. The van der Waals surface area contributed by atoms with Crippen LogP contribution in [0.2, 0.25) is 0 Å². The fourth-order valence-electron chi connectivity index (χ4n) is 2.62. The number of carbonyl (C=O) groups excluding carboxylic acids is 1. The van der Waals surface area contributed by atoms with Gasteiger partial charge in [0.05, 0.1) is 23.7 Å². The number of benzene rings is 1. The third kappa shape index (κ3) is 4.14. The van der Waals surface area contributed by atoms with Gasteiger partial charge in [-0.3, -0.25) is 4.79 Å². The summed E-state index contributed by atoms with van der Waals surface area (Å²) in [5.41, 5.74) is 2.17. The zero-order chi connectivity index (χ0) is 16.1. The monoisotopic (exact) mass is 331 g/mol. The number of thioether (sulfide) groups is 1. The van der Waals surface area contributed by atoms with Crippen LogP contribution >= 0.6 is 11.8 Å². The molecule has 1 aromatic heterocycles. The number of aromatic nitrogens is 2. The van der Waals surface area contributed by atoms with Crippen molar-refractivity contribution in [3.63, 3.8) is 0 Å². The van der Waals surface area contributed by atoms with Crippen LogP contribution in [0.25, 0.3) is 11.3 Å². The van der Waals surface area contributed by atoms with E-state index in [-0.39, 0.29) is 12.0 Å². The number of amides is 1. The van der Waals surface area contributed by atoms with E-state index in [1.54, 1.807) is 0 Å². The van der Waals surface area contributed by atoms with Gasteiger partial charge in [0.15, 0.2) is 5.16 Å². The molecule has 23 heavy (non-hydrogen) atoms. The fraction of sp³-hybridized carbons (Fsp3) is 0.412. The summed E-state index contributed by atoms with van der Waals surface area (Å²) in [5.74, 6) is 0.390. The van der Waals surface area contributed by atoms with Crippen molar-refractivity contribution in [1.82, 2.24) is 14.9 Å². The van der Waals surface area contributed by atoms with Crippen LogP contribution in [0.3, 0.4) is 0 Å². The van der Waals surface area contributed by atoms with Gasteiger partial charge < -0.3 is 14.6 Å². The Balaban J connectivity index is 1.52. The maximum Gasteiger partial charge on any atom is 0.230 e. The fourth-order valence-corrected chi connectivity index (χ4v) is 3.40. The Morgan fingerprint density at radius 2 is 2.26 bits per heavy atom. The van der Waals surface area contributed by atoms with Crippen molar-refractivity contribution in [2.45, 2.75) is 24.1 Å². The molecule has 5 nitrogen and oxygen atoms in total. The number of carbonyl (C=O) groups is 1. The molecule has 1 atom stereocenters. The molecule has 1 aromatic carbocycles. The van der Waals surface area contributed by atoms with E-state index in [1.165, 1.54) is 11.8 Å². The first-order valence-corrected chi connectivity index (χ1v) is 8.81. The van der Waals surface area contributed by atoms with Crippen LogP contribution in [0.4, 0.5) is 0 Å². The predicted molar refractivity (Wildman–Crippen MR) is 91.4 cm³/mol. The minimum absolute atomic E-state index is 0.0229. The number of ether oxygens (including phenoxy) is 1. The number of nitrogens with zero attached hydrogens (tertiary/aromatic N) is 2. The maximum atomic E-state index is 11.9. The average Bonchev–Trinajstić information content (AvgIpc) is 3.22. The summed E-state index contributed by atoms with van der Waals surface area (Å²) in [7, 11) is 1.97. The molecular weight excluding hydrogens is 310 g/mol. The first-order valence-electron chi connectivity index (χ1n) is 7.82. The molecule has 1 fully saturated rings. The first-order chi connectivity index (χ1) is 11.2. The first kappa shape index (κ1) is 16.1. The molecule has 0 spiro atoms. The summed E-state index contributed by atoms with van der Waals surface area (Å²) in [5, 5.41) is 3.77. The lowest BCUT2D eigenvalue weighted by molar-refractivity contribution is -0.119. The molecule has 1 amide bonds. The zero-order valence-corrected chi connectivity index (χ0v) is 14.0. The Labute approximate surface area is 140 Å². The van der Waals surface area contributed by atoms with E-state index in [1.807, 2.05) is 36.0 Å². The van der Waals surface area contributed by atoms with E-state index in [4.69, 9.17) is 4.74 Å². The third-order valence-electron chi connectivity index (χ3n) is 3.90. The number of hydrogen-bond acceptors (Lipinski definition) is 4. The smallest absolute Gasteiger partial charge is 0.230 e. The number of nitrogens with one attached hydrogen (secondary N) is 1. The van der Waals surface area contributed by atoms with Gasteiger partial charge in [0.2, 0.25) is 5.91 Å². The van der Waals surface area contributed by atoms with Crippen molar-refractivity contribution < 1.29 is 9.53 Å². The predicted octanol–water partition coefficient (Wildman–Crippen LogP) is 2.47. The highest BCUT2D eigenvalue weighted by Crippen LogP contribution is 2.24. The van der Waals surface area contributed by atoms with E-state index >= 15 is 0 Å².